The Balaban J connectivity index is 2.03. The van der Waals surface area contributed by atoms with Crippen LogP contribution in [0.3, 0.4) is 0 Å². The van der Waals surface area contributed by atoms with Gasteiger partial charge in [0.2, 0.25) is 0 Å². The van der Waals surface area contributed by atoms with Gasteiger partial charge in [0.1, 0.15) is 10.7 Å². The number of nitrogens with zero attached hydrogens (tertiary/aromatic N) is 3. The third kappa shape index (κ3) is 2.01. The van der Waals surface area contributed by atoms with Crippen LogP contribution in [0.25, 0.3) is 11.0 Å². The number of imidazole rings is 1. The summed E-state index contributed by atoms with van der Waals surface area (Å²) < 4.78 is 2.07. The molecule has 0 aliphatic heterocycles. The zero-order valence-corrected chi connectivity index (χ0v) is 9.80. The highest BCUT2D eigenvalue weighted by atomic mass is 35.5. The van der Waals surface area contributed by atoms with Crippen LogP contribution in [-0.4, -0.2) is 14.5 Å². The first-order valence-electron chi connectivity index (χ1n) is 5.33. The molecule has 0 atom stereocenters. The van der Waals surface area contributed by atoms with Crippen LogP contribution in [0, 0.1) is 0 Å². The molecule has 0 saturated carbocycles. The van der Waals surface area contributed by atoms with Gasteiger partial charge >= 0.3 is 0 Å². The van der Waals surface area contributed by atoms with E-state index in [1.807, 2.05) is 30.6 Å². The molecular formula is C13H10ClN3. The van der Waals surface area contributed by atoms with E-state index in [9.17, 15) is 0 Å². The van der Waals surface area contributed by atoms with Crippen molar-refractivity contribution in [1.82, 2.24) is 14.5 Å². The maximum atomic E-state index is 5.90. The van der Waals surface area contributed by atoms with Crippen molar-refractivity contribution in [1.29, 1.82) is 0 Å². The van der Waals surface area contributed by atoms with E-state index in [1.54, 1.807) is 6.20 Å². The van der Waals surface area contributed by atoms with E-state index in [-0.39, 0.29) is 0 Å². The average Bonchev–Trinajstić information content (AvgIpc) is 2.73. The summed E-state index contributed by atoms with van der Waals surface area (Å²) in [7, 11) is 0. The molecule has 0 bridgehead atoms. The largest absolute Gasteiger partial charge is 0.326 e. The lowest BCUT2D eigenvalue weighted by Gasteiger charge is -2.04. The molecular weight excluding hydrogens is 234 g/mol. The summed E-state index contributed by atoms with van der Waals surface area (Å²) in [5.41, 5.74) is 3.11. The molecule has 0 aliphatic carbocycles. The fourth-order valence-electron chi connectivity index (χ4n) is 1.84. The van der Waals surface area contributed by atoms with Gasteiger partial charge in [-0.25, -0.2) is 9.97 Å². The van der Waals surface area contributed by atoms with Crippen molar-refractivity contribution in [2.45, 2.75) is 6.54 Å². The zero-order chi connectivity index (χ0) is 11.7. The monoisotopic (exact) mass is 243 g/mol. The van der Waals surface area contributed by atoms with Crippen LogP contribution in [0.4, 0.5) is 0 Å². The van der Waals surface area contributed by atoms with Crippen molar-refractivity contribution in [2.75, 3.05) is 0 Å². The van der Waals surface area contributed by atoms with Crippen LogP contribution in [0.1, 0.15) is 5.56 Å². The molecule has 0 unspecified atom stereocenters. The van der Waals surface area contributed by atoms with Gasteiger partial charge in [0.25, 0.3) is 0 Å². The maximum absolute atomic E-state index is 5.90. The van der Waals surface area contributed by atoms with Crippen LogP contribution in [-0.2, 0) is 6.54 Å². The van der Waals surface area contributed by atoms with Gasteiger partial charge in [-0.15, -0.1) is 0 Å². The fourth-order valence-corrected chi connectivity index (χ4v) is 1.99. The third-order valence-electron chi connectivity index (χ3n) is 2.67. The first-order valence-corrected chi connectivity index (χ1v) is 5.71. The molecule has 1 aromatic carbocycles. The predicted molar refractivity (Wildman–Crippen MR) is 68.1 cm³/mol. The number of hydrogen-bond acceptors (Lipinski definition) is 2. The summed E-state index contributed by atoms with van der Waals surface area (Å²) in [6, 6.07) is 12.1. The van der Waals surface area contributed by atoms with E-state index < -0.39 is 0 Å². The molecule has 0 fully saturated rings. The normalized spacial score (nSPS) is 10.9. The van der Waals surface area contributed by atoms with Crippen LogP contribution in [0.2, 0.25) is 5.15 Å². The number of rotatable bonds is 2. The van der Waals surface area contributed by atoms with Crippen molar-refractivity contribution in [3.8, 4) is 0 Å². The molecule has 3 rings (SSSR count). The zero-order valence-electron chi connectivity index (χ0n) is 9.05. The number of benzene rings is 1. The quantitative estimate of drug-likeness (QED) is 0.648. The van der Waals surface area contributed by atoms with E-state index in [1.165, 1.54) is 5.56 Å². The molecule has 3 nitrogen and oxygen atoms in total. The van der Waals surface area contributed by atoms with Gasteiger partial charge in [-0.2, -0.15) is 0 Å². The molecule has 0 N–H and O–H groups in total. The summed E-state index contributed by atoms with van der Waals surface area (Å²) in [6.07, 6.45) is 3.51. The number of aromatic nitrogens is 3. The van der Waals surface area contributed by atoms with Crippen molar-refractivity contribution in [2.24, 2.45) is 0 Å². The summed E-state index contributed by atoms with van der Waals surface area (Å²) in [5, 5.41) is 0.493. The Morgan fingerprint density at radius 2 is 1.94 bits per heavy atom. The molecule has 17 heavy (non-hydrogen) atoms. The molecule has 3 aromatic rings. The van der Waals surface area contributed by atoms with Gasteiger partial charge in [-0.05, 0) is 5.56 Å². The molecule has 4 heteroatoms. The van der Waals surface area contributed by atoms with Crippen molar-refractivity contribution < 1.29 is 0 Å². The SMILES string of the molecule is Clc1cc2c(cn1)ncn2Cc1ccccc1. The highest BCUT2D eigenvalue weighted by molar-refractivity contribution is 6.29. The Morgan fingerprint density at radius 3 is 2.76 bits per heavy atom. The lowest BCUT2D eigenvalue weighted by molar-refractivity contribution is 0.824. The Hall–Kier alpha value is -1.87. The minimum absolute atomic E-state index is 0.493. The molecule has 0 amide bonds. The van der Waals surface area contributed by atoms with Gasteiger partial charge in [-0.1, -0.05) is 41.9 Å². The second-order valence-electron chi connectivity index (χ2n) is 3.85. The first-order chi connectivity index (χ1) is 8.33. The number of fused-ring (bicyclic) bond motifs is 1. The van der Waals surface area contributed by atoms with Crippen molar-refractivity contribution in [3.05, 3.63) is 59.6 Å². The van der Waals surface area contributed by atoms with E-state index >= 15 is 0 Å². The molecule has 0 saturated heterocycles. The van der Waals surface area contributed by atoms with Gasteiger partial charge in [-0.3, -0.25) is 0 Å². The van der Waals surface area contributed by atoms with Gasteiger partial charge in [0.05, 0.1) is 18.0 Å². The van der Waals surface area contributed by atoms with E-state index in [4.69, 9.17) is 11.6 Å². The van der Waals surface area contributed by atoms with Crippen molar-refractivity contribution >= 4 is 22.6 Å². The molecule has 0 aliphatic rings. The molecule has 84 valence electrons. The van der Waals surface area contributed by atoms with Crippen LogP contribution in [0.15, 0.2) is 48.9 Å². The number of pyridine rings is 1. The summed E-state index contributed by atoms with van der Waals surface area (Å²) >= 11 is 5.90. The van der Waals surface area contributed by atoms with Crippen LogP contribution >= 0.6 is 11.6 Å². The Bertz CT molecular complexity index is 646. The Morgan fingerprint density at radius 1 is 1.12 bits per heavy atom. The van der Waals surface area contributed by atoms with Gasteiger partial charge in [0.15, 0.2) is 0 Å². The number of hydrogen-bond donors (Lipinski definition) is 0. The maximum Gasteiger partial charge on any atom is 0.131 e. The fraction of sp³-hybridized carbons (Fsp3) is 0.0769. The van der Waals surface area contributed by atoms with Crippen LogP contribution < -0.4 is 0 Å². The minimum Gasteiger partial charge on any atom is -0.326 e. The van der Waals surface area contributed by atoms with E-state index in [0.717, 1.165) is 17.6 Å². The summed E-state index contributed by atoms with van der Waals surface area (Å²) in [4.78, 5) is 8.32. The highest BCUT2D eigenvalue weighted by Gasteiger charge is 2.04. The second-order valence-corrected chi connectivity index (χ2v) is 4.24. The Kier molecular flexibility index (Phi) is 2.53. The first kappa shape index (κ1) is 10.3. The summed E-state index contributed by atoms with van der Waals surface area (Å²) in [5.74, 6) is 0. The Labute approximate surface area is 104 Å². The minimum atomic E-state index is 0.493. The molecule has 0 spiro atoms. The smallest absolute Gasteiger partial charge is 0.131 e. The van der Waals surface area contributed by atoms with E-state index in [0.29, 0.717) is 5.15 Å². The van der Waals surface area contributed by atoms with E-state index in [2.05, 4.69) is 26.7 Å². The summed E-state index contributed by atoms with van der Waals surface area (Å²) in [6.45, 7) is 0.789. The van der Waals surface area contributed by atoms with Gasteiger partial charge in [0, 0.05) is 12.6 Å². The lowest BCUT2D eigenvalue weighted by atomic mass is 10.2. The molecule has 0 radical (unpaired) electrons. The topological polar surface area (TPSA) is 30.7 Å². The number of halogens is 1. The van der Waals surface area contributed by atoms with Crippen LogP contribution in [0.5, 0.6) is 0 Å². The average molecular weight is 244 g/mol. The molecule has 2 heterocycles. The third-order valence-corrected chi connectivity index (χ3v) is 2.88. The van der Waals surface area contributed by atoms with Crippen molar-refractivity contribution in [3.63, 3.8) is 0 Å². The van der Waals surface area contributed by atoms with Gasteiger partial charge < -0.3 is 4.57 Å². The standard InChI is InChI=1S/C13H10ClN3/c14-13-6-12-11(7-15-13)16-9-17(12)8-10-4-2-1-3-5-10/h1-7,9H,8H2. The lowest BCUT2D eigenvalue weighted by Crippen LogP contribution is -1.97. The molecule has 2 aromatic heterocycles. The second kappa shape index (κ2) is 4.18. The highest BCUT2D eigenvalue weighted by Crippen LogP contribution is 2.16. The predicted octanol–water partition coefficient (Wildman–Crippen LogP) is 3.13.